The zero-order valence-corrected chi connectivity index (χ0v) is 14.5. The Morgan fingerprint density at radius 2 is 2.00 bits per heavy atom. The van der Waals surface area contributed by atoms with Crippen molar-refractivity contribution in [1.29, 1.82) is 0 Å². The highest BCUT2D eigenvalue weighted by molar-refractivity contribution is 5.96. The predicted octanol–water partition coefficient (Wildman–Crippen LogP) is 2.87. The molecule has 5 nitrogen and oxygen atoms in total. The number of anilines is 2. The monoisotopic (exact) mass is 329 g/mol. The molecule has 1 aromatic carbocycles. The van der Waals surface area contributed by atoms with Crippen molar-refractivity contribution in [3.63, 3.8) is 0 Å². The predicted molar refractivity (Wildman–Crippen MR) is 96.1 cm³/mol. The Bertz CT molecular complexity index is 585. The van der Waals surface area contributed by atoms with E-state index in [9.17, 15) is 9.59 Å². The van der Waals surface area contributed by atoms with Crippen LogP contribution in [0.4, 0.5) is 11.4 Å². The number of carbonyl (C=O) groups is 2. The molecule has 1 aromatic rings. The smallest absolute Gasteiger partial charge is 0.227 e. The Balaban J connectivity index is 1.46. The maximum atomic E-state index is 12.1. The Morgan fingerprint density at radius 3 is 2.67 bits per heavy atom. The first-order valence-electron chi connectivity index (χ1n) is 9.04. The van der Waals surface area contributed by atoms with Crippen molar-refractivity contribution in [3.05, 3.63) is 24.3 Å². The highest BCUT2D eigenvalue weighted by Gasteiger charge is 2.21. The standard InChI is InChI=1S/C19H27N3O2/c1-15-4-2-11-21(14-15)13-10-18(23)20-16-6-8-17(9-7-16)22-12-3-5-19(22)24/h6-9,15H,2-5,10-14H2,1H3,(H,20,23). The molecule has 1 N–H and O–H groups in total. The van der Waals surface area contributed by atoms with E-state index in [4.69, 9.17) is 0 Å². The lowest BCUT2D eigenvalue weighted by Crippen LogP contribution is -2.36. The number of nitrogens with one attached hydrogen (secondary N) is 1. The van der Waals surface area contributed by atoms with Crippen LogP contribution in [-0.4, -0.2) is 42.9 Å². The Morgan fingerprint density at radius 1 is 1.21 bits per heavy atom. The fourth-order valence-electron chi connectivity index (χ4n) is 3.62. The number of amides is 2. The lowest BCUT2D eigenvalue weighted by atomic mass is 10.0. The second-order valence-electron chi connectivity index (χ2n) is 7.04. The molecule has 5 heteroatoms. The number of benzene rings is 1. The molecule has 0 bridgehead atoms. The summed E-state index contributed by atoms with van der Waals surface area (Å²) < 4.78 is 0. The van der Waals surface area contributed by atoms with Crippen LogP contribution >= 0.6 is 0 Å². The number of nitrogens with zero attached hydrogens (tertiary/aromatic N) is 2. The summed E-state index contributed by atoms with van der Waals surface area (Å²) >= 11 is 0. The molecule has 2 aliphatic rings. The van der Waals surface area contributed by atoms with Gasteiger partial charge in [-0.2, -0.15) is 0 Å². The molecule has 3 rings (SSSR count). The molecule has 1 unspecified atom stereocenters. The van der Waals surface area contributed by atoms with Gasteiger partial charge in [0.1, 0.15) is 0 Å². The molecule has 2 aliphatic heterocycles. The summed E-state index contributed by atoms with van der Waals surface area (Å²) in [5.74, 6) is 0.975. The first-order valence-corrected chi connectivity index (χ1v) is 9.04. The Hall–Kier alpha value is -1.88. The van der Waals surface area contributed by atoms with E-state index in [0.29, 0.717) is 12.8 Å². The fourth-order valence-corrected chi connectivity index (χ4v) is 3.62. The minimum absolute atomic E-state index is 0.0539. The fraction of sp³-hybridized carbons (Fsp3) is 0.579. The number of piperidine rings is 1. The summed E-state index contributed by atoms with van der Waals surface area (Å²) in [6, 6.07) is 7.57. The Kier molecular flexibility index (Phi) is 5.51. The lowest BCUT2D eigenvalue weighted by molar-refractivity contribution is -0.117. The first-order chi connectivity index (χ1) is 11.6. The van der Waals surface area contributed by atoms with Gasteiger partial charge in [0.2, 0.25) is 11.8 Å². The minimum Gasteiger partial charge on any atom is -0.326 e. The third-order valence-electron chi connectivity index (χ3n) is 4.93. The van der Waals surface area contributed by atoms with E-state index in [-0.39, 0.29) is 11.8 Å². The zero-order valence-electron chi connectivity index (χ0n) is 14.5. The summed E-state index contributed by atoms with van der Waals surface area (Å²) in [5, 5.41) is 2.95. The van der Waals surface area contributed by atoms with E-state index in [0.717, 1.165) is 49.9 Å². The van der Waals surface area contributed by atoms with E-state index in [1.54, 1.807) is 0 Å². The molecule has 2 fully saturated rings. The third-order valence-corrected chi connectivity index (χ3v) is 4.93. The summed E-state index contributed by atoms with van der Waals surface area (Å²) in [7, 11) is 0. The maximum absolute atomic E-state index is 12.1. The molecule has 0 radical (unpaired) electrons. The molecule has 130 valence electrons. The molecule has 2 amide bonds. The molecule has 0 spiro atoms. The zero-order chi connectivity index (χ0) is 16.9. The summed E-state index contributed by atoms with van der Waals surface area (Å²) in [5.41, 5.74) is 1.71. The van der Waals surface area contributed by atoms with Crippen molar-refractivity contribution < 1.29 is 9.59 Å². The van der Waals surface area contributed by atoms with Crippen molar-refractivity contribution in [2.24, 2.45) is 5.92 Å². The van der Waals surface area contributed by atoms with E-state index < -0.39 is 0 Å². The molecule has 1 atom stereocenters. The van der Waals surface area contributed by atoms with Gasteiger partial charge in [-0.15, -0.1) is 0 Å². The molecule has 0 saturated carbocycles. The summed E-state index contributed by atoms with van der Waals surface area (Å²) in [6.45, 7) is 6.11. The highest BCUT2D eigenvalue weighted by atomic mass is 16.2. The molecular formula is C19H27N3O2. The summed E-state index contributed by atoms with van der Waals surface area (Å²) in [4.78, 5) is 28.1. The van der Waals surface area contributed by atoms with Crippen LogP contribution in [0, 0.1) is 5.92 Å². The SMILES string of the molecule is CC1CCCN(CCC(=O)Nc2ccc(N3CCCC3=O)cc2)C1. The molecular weight excluding hydrogens is 302 g/mol. The molecule has 0 aromatic heterocycles. The van der Waals surface area contributed by atoms with Crippen LogP contribution in [0.2, 0.25) is 0 Å². The number of hydrogen-bond donors (Lipinski definition) is 1. The average molecular weight is 329 g/mol. The van der Waals surface area contributed by atoms with E-state index in [1.165, 1.54) is 12.8 Å². The first kappa shape index (κ1) is 17.0. The number of hydrogen-bond acceptors (Lipinski definition) is 3. The van der Waals surface area contributed by atoms with Gasteiger partial charge in [0.15, 0.2) is 0 Å². The quantitative estimate of drug-likeness (QED) is 0.904. The maximum Gasteiger partial charge on any atom is 0.227 e. The number of likely N-dealkylation sites (tertiary alicyclic amines) is 1. The third kappa shape index (κ3) is 4.35. The molecule has 24 heavy (non-hydrogen) atoms. The van der Waals surface area contributed by atoms with Gasteiger partial charge in [0.25, 0.3) is 0 Å². The molecule has 0 aliphatic carbocycles. The van der Waals surface area contributed by atoms with E-state index in [1.807, 2.05) is 29.2 Å². The second-order valence-corrected chi connectivity index (χ2v) is 7.04. The van der Waals surface area contributed by atoms with Gasteiger partial charge >= 0.3 is 0 Å². The van der Waals surface area contributed by atoms with Crippen LogP contribution in [0.3, 0.4) is 0 Å². The van der Waals surface area contributed by atoms with E-state index in [2.05, 4.69) is 17.1 Å². The van der Waals surface area contributed by atoms with Crippen LogP contribution in [0.25, 0.3) is 0 Å². The van der Waals surface area contributed by atoms with E-state index >= 15 is 0 Å². The molecule has 2 saturated heterocycles. The van der Waals surface area contributed by atoms with Gasteiger partial charge in [-0.05, 0) is 56.0 Å². The second kappa shape index (κ2) is 7.79. The van der Waals surface area contributed by atoms with Crippen molar-refractivity contribution in [3.8, 4) is 0 Å². The van der Waals surface area contributed by atoms with Crippen molar-refractivity contribution in [1.82, 2.24) is 4.90 Å². The number of carbonyl (C=O) groups excluding carboxylic acids is 2. The van der Waals surface area contributed by atoms with Gasteiger partial charge in [-0.1, -0.05) is 6.92 Å². The summed E-state index contributed by atoms with van der Waals surface area (Å²) in [6.07, 6.45) is 4.62. The van der Waals surface area contributed by atoms with Gasteiger partial charge in [-0.25, -0.2) is 0 Å². The largest absolute Gasteiger partial charge is 0.326 e. The van der Waals surface area contributed by atoms with Crippen LogP contribution in [0.1, 0.15) is 39.0 Å². The van der Waals surface area contributed by atoms with Gasteiger partial charge in [-0.3, -0.25) is 9.59 Å². The van der Waals surface area contributed by atoms with Gasteiger partial charge in [0.05, 0.1) is 0 Å². The van der Waals surface area contributed by atoms with Crippen molar-refractivity contribution >= 4 is 23.2 Å². The Labute approximate surface area is 144 Å². The highest BCUT2D eigenvalue weighted by Crippen LogP contribution is 2.23. The minimum atomic E-state index is 0.0539. The number of rotatable bonds is 5. The normalized spacial score (nSPS) is 22.0. The molecule has 2 heterocycles. The van der Waals surface area contributed by atoms with Gasteiger partial charge < -0.3 is 15.1 Å². The lowest BCUT2D eigenvalue weighted by Gasteiger charge is -2.30. The van der Waals surface area contributed by atoms with Crippen LogP contribution in [-0.2, 0) is 9.59 Å². The van der Waals surface area contributed by atoms with Crippen molar-refractivity contribution in [2.75, 3.05) is 36.4 Å². The van der Waals surface area contributed by atoms with Crippen LogP contribution in [0.15, 0.2) is 24.3 Å². The van der Waals surface area contributed by atoms with Crippen LogP contribution < -0.4 is 10.2 Å². The van der Waals surface area contributed by atoms with Crippen molar-refractivity contribution in [2.45, 2.75) is 39.0 Å². The van der Waals surface area contributed by atoms with Gasteiger partial charge in [0, 0.05) is 43.9 Å². The topological polar surface area (TPSA) is 52.7 Å². The van der Waals surface area contributed by atoms with Crippen LogP contribution in [0.5, 0.6) is 0 Å². The average Bonchev–Trinajstić information content (AvgIpc) is 3.00.